The summed E-state index contributed by atoms with van der Waals surface area (Å²) in [5.41, 5.74) is 0.761. The van der Waals surface area contributed by atoms with E-state index in [1.54, 1.807) is 7.05 Å². The van der Waals surface area contributed by atoms with Gasteiger partial charge >= 0.3 is 0 Å². The topological polar surface area (TPSA) is 84.3 Å². The summed E-state index contributed by atoms with van der Waals surface area (Å²) in [6.45, 7) is 2.91. The molecule has 1 aromatic carbocycles. The molecule has 1 fully saturated rings. The molecule has 21 heavy (non-hydrogen) atoms. The smallest absolute Gasteiger partial charge is 0.292 e. The summed E-state index contributed by atoms with van der Waals surface area (Å²) in [6, 6.07) is 4.37. The molecule has 6 nitrogen and oxygen atoms in total. The van der Waals surface area contributed by atoms with Crippen LogP contribution in [0.4, 0.5) is 11.4 Å². The summed E-state index contributed by atoms with van der Waals surface area (Å²) < 4.78 is 0. The Morgan fingerprint density at radius 3 is 2.76 bits per heavy atom. The van der Waals surface area contributed by atoms with Gasteiger partial charge in [-0.25, -0.2) is 0 Å². The molecule has 0 saturated heterocycles. The van der Waals surface area contributed by atoms with E-state index >= 15 is 0 Å². The molecule has 114 valence electrons. The number of nitro groups is 1. The zero-order valence-electron chi connectivity index (χ0n) is 12.4. The van der Waals surface area contributed by atoms with Gasteiger partial charge in [-0.2, -0.15) is 0 Å². The third kappa shape index (κ3) is 3.71. The molecule has 1 aromatic rings. The van der Waals surface area contributed by atoms with E-state index in [-0.39, 0.29) is 11.6 Å². The van der Waals surface area contributed by atoms with Gasteiger partial charge in [0.05, 0.1) is 4.92 Å². The maximum atomic E-state index is 12.1. The lowest BCUT2D eigenvalue weighted by Gasteiger charge is -2.12. The number of nitrogens with one attached hydrogen (secondary N) is 2. The summed E-state index contributed by atoms with van der Waals surface area (Å²) in [7, 11) is 1.60. The van der Waals surface area contributed by atoms with Crippen molar-refractivity contribution in [1.29, 1.82) is 0 Å². The Balaban J connectivity index is 2.00. The minimum absolute atomic E-state index is 0.0290. The predicted molar refractivity (Wildman–Crippen MR) is 81.5 cm³/mol. The minimum atomic E-state index is -0.465. The van der Waals surface area contributed by atoms with E-state index < -0.39 is 4.92 Å². The van der Waals surface area contributed by atoms with Crippen LogP contribution in [0, 0.1) is 22.0 Å². The van der Waals surface area contributed by atoms with Crippen molar-refractivity contribution in [2.75, 3.05) is 18.9 Å². The molecule has 2 rings (SSSR count). The summed E-state index contributed by atoms with van der Waals surface area (Å²) in [6.07, 6.45) is 3.54. The molecule has 1 aliphatic carbocycles. The van der Waals surface area contributed by atoms with Gasteiger partial charge in [-0.3, -0.25) is 14.9 Å². The number of rotatable bonds is 5. The predicted octanol–water partition coefficient (Wildman–Crippen LogP) is 2.80. The Morgan fingerprint density at radius 2 is 2.19 bits per heavy atom. The molecule has 2 atom stereocenters. The maximum Gasteiger partial charge on any atom is 0.292 e. The molecule has 0 aliphatic heterocycles. The van der Waals surface area contributed by atoms with E-state index in [9.17, 15) is 14.9 Å². The summed E-state index contributed by atoms with van der Waals surface area (Å²) in [5, 5.41) is 16.5. The van der Waals surface area contributed by atoms with Crippen LogP contribution in [0.3, 0.4) is 0 Å². The molecule has 2 unspecified atom stereocenters. The van der Waals surface area contributed by atoms with Crippen molar-refractivity contribution in [2.45, 2.75) is 26.2 Å². The quantitative estimate of drug-likeness (QED) is 0.645. The number of amides is 1. The lowest BCUT2D eigenvalue weighted by molar-refractivity contribution is -0.383. The van der Waals surface area contributed by atoms with Gasteiger partial charge in [-0.1, -0.05) is 13.3 Å². The molecular formula is C15H21N3O3. The first-order valence-corrected chi connectivity index (χ1v) is 7.25. The van der Waals surface area contributed by atoms with Crippen molar-refractivity contribution in [3.63, 3.8) is 0 Å². The van der Waals surface area contributed by atoms with E-state index in [0.29, 0.717) is 23.7 Å². The van der Waals surface area contributed by atoms with Gasteiger partial charge in [-0.05, 0) is 36.8 Å². The van der Waals surface area contributed by atoms with Gasteiger partial charge in [-0.15, -0.1) is 0 Å². The van der Waals surface area contributed by atoms with Gasteiger partial charge in [0.15, 0.2) is 0 Å². The van der Waals surface area contributed by atoms with Crippen molar-refractivity contribution in [1.82, 2.24) is 5.32 Å². The van der Waals surface area contributed by atoms with Crippen molar-refractivity contribution in [3.8, 4) is 0 Å². The Bertz CT molecular complexity index is 545. The van der Waals surface area contributed by atoms with Crippen molar-refractivity contribution in [2.24, 2.45) is 11.8 Å². The SMILES string of the molecule is CNc1cc(C(=O)NCC2CCC(C)C2)ccc1[N+](=O)[O-]. The fourth-order valence-corrected chi connectivity index (χ4v) is 2.89. The number of carbonyl (C=O) groups is 1. The number of carbonyl (C=O) groups excluding carboxylic acids is 1. The van der Waals surface area contributed by atoms with E-state index in [2.05, 4.69) is 17.6 Å². The van der Waals surface area contributed by atoms with Crippen LogP contribution in [0.2, 0.25) is 0 Å². The molecule has 0 aromatic heterocycles. The number of nitrogens with zero attached hydrogens (tertiary/aromatic N) is 1. The zero-order chi connectivity index (χ0) is 15.4. The van der Waals surface area contributed by atoms with Crippen LogP contribution in [0.5, 0.6) is 0 Å². The van der Waals surface area contributed by atoms with Crippen LogP contribution in [0.25, 0.3) is 0 Å². The van der Waals surface area contributed by atoms with Crippen molar-refractivity contribution in [3.05, 3.63) is 33.9 Å². The van der Waals surface area contributed by atoms with E-state index in [1.807, 2.05) is 0 Å². The highest BCUT2D eigenvalue weighted by molar-refractivity contribution is 5.95. The summed E-state index contributed by atoms with van der Waals surface area (Å²) in [4.78, 5) is 22.5. The third-order valence-electron chi connectivity index (χ3n) is 4.08. The van der Waals surface area contributed by atoms with Gasteiger partial charge in [0.1, 0.15) is 5.69 Å². The molecule has 1 aliphatic rings. The fraction of sp³-hybridized carbons (Fsp3) is 0.533. The lowest BCUT2D eigenvalue weighted by Crippen LogP contribution is -2.28. The number of anilines is 1. The monoisotopic (exact) mass is 291 g/mol. The number of nitro benzene ring substituents is 1. The van der Waals surface area contributed by atoms with E-state index in [4.69, 9.17) is 0 Å². The molecule has 1 saturated carbocycles. The Hall–Kier alpha value is -2.11. The van der Waals surface area contributed by atoms with Crippen LogP contribution in [-0.4, -0.2) is 24.4 Å². The normalized spacial score (nSPS) is 21.0. The average Bonchev–Trinajstić information content (AvgIpc) is 2.89. The Labute approximate surface area is 124 Å². The number of benzene rings is 1. The molecule has 0 heterocycles. The summed E-state index contributed by atoms with van der Waals surface area (Å²) in [5.74, 6) is 1.11. The van der Waals surface area contributed by atoms with Crippen LogP contribution in [0.1, 0.15) is 36.5 Å². The minimum Gasteiger partial charge on any atom is -0.383 e. The molecule has 2 N–H and O–H groups in total. The van der Waals surface area contributed by atoms with Crippen LogP contribution < -0.4 is 10.6 Å². The Morgan fingerprint density at radius 1 is 1.43 bits per heavy atom. The van der Waals surface area contributed by atoms with Crippen LogP contribution in [-0.2, 0) is 0 Å². The molecule has 0 spiro atoms. The van der Waals surface area contributed by atoms with Gasteiger partial charge in [0, 0.05) is 25.2 Å². The average molecular weight is 291 g/mol. The number of hydrogen-bond acceptors (Lipinski definition) is 4. The van der Waals surface area contributed by atoms with E-state index in [0.717, 1.165) is 18.8 Å². The molecule has 6 heteroatoms. The first-order valence-electron chi connectivity index (χ1n) is 7.25. The standard InChI is InChI=1S/C15H21N3O3/c1-10-3-4-11(7-10)9-17-15(19)12-5-6-14(18(20)21)13(8-12)16-2/h5-6,8,10-11,16H,3-4,7,9H2,1-2H3,(H,17,19). The molecule has 0 radical (unpaired) electrons. The lowest BCUT2D eigenvalue weighted by atomic mass is 10.1. The molecular weight excluding hydrogens is 270 g/mol. The second-order valence-corrected chi connectivity index (χ2v) is 5.73. The number of hydrogen-bond donors (Lipinski definition) is 2. The Kier molecular flexibility index (Phi) is 4.77. The van der Waals surface area contributed by atoms with Crippen molar-refractivity contribution < 1.29 is 9.72 Å². The van der Waals surface area contributed by atoms with Crippen molar-refractivity contribution >= 4 is 17.3 Å². The van der Waals surface area contributed by atoms with Gasteiger partial charge in [0.25, 0.3) is 11.6 Å². The largest absolute Gasteiger partial charge is 0.383 e. The second-order valence-electron chi connectivity index (χ2n) is 5.73. The van der Waals surface area contributed by atoms with Gasteiger partial charge < -0.3 is 10.6 Å². The summed E-state index contributed by atoms with van der Waals surface area (Å²) >= 11 is 0. The fourth-order valence-electron chi connectivity index (χ4n) is 2.89. The highest BCUT2D eigenvalue weighted by Crippen LogP contribution is 2.30. The second kappa shape index (κ2) is 6.56. The molecule has 1 amide bonds. The van der Waals surface area contributed by atoms with Crippen LogP contribution in [0.15, 0.2) is 18.2 Å². The third-order valence-corrected chi connectivity index (χ3v) is 4.08. The first-order chi connectivity index (χ1) is 10.0. The highest BCUT2D eigenvalue weighted by atomic mass is 16.6. The van der Waals surface area contributed by atoms with Gasteiger partial charge in [0.2, 0.25) is 0 Å². The maximum absolute atomic E-state index is 12.1. The van der Waals surface area contributed by atoms with E-state index in [1.165, 1.54) is 24.6 Å². The molecule has 0 bridgehead atoms. The first kappa shape index (κ1) is 15.3. The highest BCUT2D eigenvalue weighted by Gasteiger charge is 2.22. The zero-order valence-corrected chi connectivity index (χ0v) is 12.4. The van der Waals surface area contributed by atoms with Crippen LogP contribution >= 0.6 is 0 Å².